The van der Waals surface area contributed by atoms with Gasteiger partial charge in [0.25, 0.3) is 0 Å². The van der Waals surface area contributed by atoms with Crippen LogP contribution in [0.3, 0.4) is 0 Å². The predicted molar refractivity (Wildman–Crippen MR) is 51.5 cm³/mol. The fourth-order valence-electron chi connectivity index (χ4n) is 1.51. The molecule has 1 aliphatic rings. The van der Waals surface area contributed by atoms with E-state index in [1.165, 1.54) is 18.5 Å². The Morgan fingerprint density at radius 2 is 2.38 bits per heavy atom. The molecule has 13 heavy (non-hydrogen) atoms. The zero-order valence-electron chi connectivity index (χ0n) is 6.87. The predicted octanol–water partition coefficient (Wildman–Crippen LogP) is 2.17. The van der Waals surface area contributed by atoms with Crippen LogP contribution in [0.1, 0.15) is 24.5 Å². The van der Waals surface area contributed by atoms with Gasteiger partial charge < -0.3 is 0 Å². The molecule has 0 amide bonds. The molecule has 0 aliphatic heterocycles. The van der Waals surface area contributed by atoms with Gasteiger partial charge >= 0.3 is 0 Å². The second kappa shape index (κ2) is 2.54. The molecule has 0 bridgehead atoms. The first-order valence-corrected chi connectivity index (χ1v) is 5.06. The van der Waals surface area contributed by atoms with Crippen LogP contribution in [0.4, 0.5) is 0 Å². The van der Waals surface area contributed by atoms with Crippen molar-refractivity contribution in [1.29, 1.82) is 0 Å². The molecular formula is C9H7BrN3. The molecule has 4 heteroatoms. The Labute approximate surface area is 83.9 Å². The fraction of sp³-hybridized carbons (Fsp3) is 0.333. The molecule has 0 aromatic carbocycles. The first-order valence-electron chi connectivity index (χ1n) is 4.27. The fourth-order valence-corrected chi connectivity index (χ4v) is 1.87. The number of hydrogen-bond acceptors (Lipinski definition) is 2. The Kier molecular flexibility index (Phi) is 1.47. The van der Waals surface area contributed by atoms with Gasteiger partial charge in [0.05, 0.1) is 6.20 Å². The molecule has 0 atom stereocenters. The SMILES string of the molecule is Brc1cc2n[c]cc(C3CC3)n2n1. The van der Waals surface area contributed by atoms with Crippen LogP contribution in [0.5, 0.6) is 0 Å². The molecule has 1 radical (unpaired) electrons. The van der Waals surface area contributed by atoms with Gasteiger partial charge in [0.1, 0.15) is 4.60 Å². The summed E-state index contributed by atoms with van der Waals surface area (Å²) in [6.07, 6.45) is 5.44. The topological polar surface area (TPSA) is 30.2 Å². The second-order valence-corrected chi connectivity index (χ2v) is 4.13. The van der Waals surface area contributed by atoms with Crippen molar-refractivity contribution in [3.63, 3.8) is 0 Å². The molecule has 2 aromatic rings. The van der Waals surface area contributed by atoms with E-state index in [1.54, 1.807) is 0 Å². The van der Waals surface area contributed by atoms with Crippen LogP contribution in [0.25, 0.3) is 5.65 Å². The van der Waals surface area contributed by atoms with Crippen molar-refractivity contribution in [3.05, 3.63) is 28.6 Å². The summed E-state index contributed by atoms with van der Waals surface area (Å²) in [7, 11) is 0. The molecule has 3 rings (SSSR count). The van der Waals surface area contributed by atoms with Crippen LogP contribution in [0.2, 0.25) is 0 Å². The molecule has 2 heterocycles. The van der Waals surface area contributed by atoms with E-state index in [0.717, 1.165) is 10.3 Å². The molecule has 0 spiro atoms. The lowest BCUT2D eigenvalue weighted by molar-refractivity contribution is 0.834. The summed E-state index contributed by atoms with van der Waals surface area (Å²) in [5.74, 6) is 0.675. The van der Waals surface area contributed by atoms with Crippen LogP contribution < -0.4 is 0 Å². The van der Waals surface area contributed by atoms with Gasteiger partial charge in [-0.3, -0.25) is 0 Å². The van der Waals surface area contributed by atoms with Crippen molar-refractivity contribution >= 4 is 21.6 Å². The van der Waals surface area contributed by atoms with Gasteiger partial charge in [-0.25, -0.2) is 9.50 Å². The zero-order chi connectivity index (χ0) is 8.84. The minimum atomic E-state index is 0.675. The molecule has 0 N–H and O–H groups in total. The summed E-state index contributed by atoms with van der Waals surface area (Å²) in [5.41, 5.74) is 2.10. The van der Waals surface area contributed by atoms with Gasteiger partial charge in [0.2, 0.25) is 0 Å². The van der Waals surface area contributed by atoms with Crippen molar-refractivity contribution in [3.8, 4) is 0 Å². The Morgan fingerprint density at radius 3 is 3.15 bits per heavy atom. The van der Waals surface area contributed by atoms with Gasteiger partial charge in [-0.05, 0) is 34.8 Å². The summed E-state index contributed by atoms with van der Waals surface area (Å²) >= 11 is 3.34. The first-order chi connectivity index (χ1) is 6.34. The van der Waals surface area contributed by atoms with Crippen LogP contribution in [-0.2, 0) is 0 Å². The van der Waals surface area contributed by atoms with Gasteiger partial charge in [-0.2, -0.15) is 5.10 Å². The maximum absolute atomic E-state index is 4.33. The lowest BCUT2D eigenvalue weighted by Gasteiger charge is -1.99. The number of nitrogens with zero attached hydrogens (tertiary/aromatic N) is 3. The van der Waals surface area contributed by atoms with E-state index in [1.807, 2.05) is 16.6 Å². The maximum atomic E-state index is 4.33. The van der Waals surface area contributed by atoms with Crippen LogP contribution in [-0.4, -0.2) is 14.6 Å². The van der Waals surface area contributed by atoms with E-state index in [-0.39, 0.29) is 0 Å². The highest BCUT2D eigenvalue weighted by Crippen LogP contribution is 2.39. The highest BCUT2D eigenvalue weighted by atomic mass is 79.9. The number of aromatic nitrogens is 3. The average molecular weight is 237 g/mol. The van der Waals surface area contributed by atoms with Gasteiger partial charge in [-0.1, -0.05) is 0 Å². The normalized spacial score (nSPS) is 16.7. The summed E-state index contributed by atoms with van der Waals surface area (Å²) in [4.78, 5) is 4.12. The van der Waals surface area contributed by atoms with Crippen LogP contribution >= 0.6 is 15.9 Å². The third-order valence-corrected chi connectivity index (χ3v) is 2.68. The van der Waals surface area contributed by atoms with E-state index >= 15 is 0 Å². The minimum Gasteiger partial charge on any atom is -0.227 e. The van der Waals surface area contributed by atoms with E-state index in [2.05, 4.69) is 32.2 Å². The molecule has 0 saturated heterocycles. The minimum absolute atomic E-state index is 0.675. The smallest absolute Gasteiger partial charge is 0.157 e. The number of hydrogen-bond donors (Lipinski definition) is 0. The molecule has 1 saturated carbocycles. The first kappa shape index (κ1) is 7.50. The summed E-state index contributed by atoms with van der Waals surface area (Å²) in [6.45, 7) is 0. The number of fused-ring (bicyclic) bond motifs is 1. The quantitative estimate of drug-likeness (QED) is 0.760. The van der Waals surface area contributed by atoms with Crippen LogP contribution in [0, 0.1) is 6.20 Å². The second-order valence-electron chi connectivity index (χ2n) is 3.32. The van der Waals surface area contributed by atoms with E-state index < -0.39 is 0 Å². The Morgan fingerprint density at radius 1 is 1.54 bits per heavy atom. The molecule has 3 nitrogen and oxygen atoms in total. The van der Waals surface area contributed by atoms with E-state index in [9.17, 15) is 0 Å². The lowest BCUT2D eigenvalue weighted by Crippen LogP contribution is -1.97. The Balaban J connectivity index is 2.31. The number of rotatable bonds is 1. The highest BCUT2D eigenvalue weighted by Gasteiger charge is 2.26. The molecule has 1 aliphatic carbocycles. The monoisotopic (exact) mass is 236 g/mol. The molecule has 1 fully saturated rings. The highest BCUT2D eigenvalue weighted by molar-refractivity contribution is 9.10. The zero-order valence-corrected chi connectivity index (χ0v) is 8.45. The summed E-state index contributed by atoms with van der Waals surface area (Å²) in [6, 6.07) is 3.84. The maximum Gasteiger partial charge on any atom is 0.157 e. The number of halogens is 1. The van der Waals surface area contributed by atoms with Crippen molar-refractivity contribution in [2.45, 2.75) is 18.8 Å². The van der Waals surface area contributed by atoms with Crippen LogP contribution in [0.15, 0.2) is 16.7 Å². The van der Waals surface area contributed by atoms with Gasteiger partial charge in [0, 0.05) is 17.7 Å². The Bertz CT molecular complexity index is 459. The Hall–Kier alpha value is -0.900. The van der Waals surface area contributed by atoms with Gasteiger partial charge in [0.15, 0.2) is 5.65 Å². The standard InChI is InChI=1S/C9H7BrN3/c10-8-5-9-11-4-3-7(6-1-2-6)13(9)12-8/h3,5-6H,1-2H2. The van der Waals surface area contributed by atoms with Crippen molar-refractivity contribution in [2.75, 3.05) is 0 Å². The molecule has 65 valence electrons. The van der Waals surface area contributed by atoms with Crippen molar-refractivity contribution in [2.24, 2.45) is 0 Å². The van der Waals surface area contributed by atoms with Crippen molar-refractivity contribution in [1.82, 2.24) is 14.6 Å². The van der Waals surface area contributed by atoms with Crippen molar-refractivity contribution < 1.29 is 0 Å². The summed E-state index contributed by atoms with van der Waals surface area (Å²) < 4.78 is 2.74. The third-order valence-electron chi connectivity index (χ3n) is 2.29. The molecular weight excluding hydrogens is 230 g/mol. The van der Waals surface area contributed by atoms with E-state index in [0.29, 0.717) is 5.92 Å². The molecule has 0 unspecified atom stereocenters. The third kappa shape index (κ3) is 1.16. The lowest BCUT2D eigenvalue weighted by atomic mass is 10.3. The largest absolute Gasteiger partial charge is 0.227 e. The summed E-state index contributed by atoms with van der Waals surface area (Å²) in [5, 5.41) is 4.33. The average Bonchev–Trinajstić information content (AvgIpc) is 2.86. The van der Waals surface area contributed by atoms with E-state index in [4.69, 9.17) is 0 Å². The molecule has 2 aromatic heterocycles. The van der Waals surface area contributed by atoms with Gasteiger partial charge in [-0.15, -0.1) is 0 Å².